The molecule has 0 radical (unpaired) electrons. The molecule has 0 aliphatic carbocycles. The fourth-order valence-electron chi connectivity index (χ4n) is 3.54. The van der Waals surface area contributed by atoms with Crippen LogP contribution in [0.4, 0.5) is 10.5 Å². The van der Waals surface area contributed by atoms with E-state index in [1.807, 2.05) is 20.8 Å². The standard InChI is InChI=1S/C27H28N4O7/c1-27(2,3)25-29-19(14-37-25)24(32)31-26(33)30-17-8-7-15(11-21(17)34-4)38-20-9-10-28-18-13-23(36-6)22(35-5)12-16(18)20/h7-14H,1-6H3,(H2,30,31,32,33). The van der Waals surface area contributed by atoms with Crippen molar-refractivity contribution in [2.24, 2.45) is 0 Å². The Morgan fingerprint density at radius 2 is 1.61 bits per heavy atom. The number of hydrogen-bond donors (Lipinski definition) is 2. The molecule has 0 aliphatic rings. The van der Waals surface area contributed by atoms with Crippen LogP contribution in [0.5, 0.6) is 28.7 Å². The Kier molecular flexibility index (Phi) is 7.38. The van der Waals surface area contributed by atoms with Gasteiger partial charge >= 0.3 is 6.03 Å². The number of pyridine rings is 1. The second kappa shape index (κ2) is 10.7. The smallest absolute Gasteiger partial charge is 0.326 e. The van der Waals surface area contributed by atoms with Crippen molar-refractivity contribution in [3.05, 3.63) is 60.4 Å². The molecule has 0 bridgehead atoms. The minimum atomic E-state index is -0.761. The second-order valence-electron chi connectivity index (χ2n) is 9.19. The summed E-state index contributed by atoms with van der Waals surface area (Å²) in [5.74, 6) is 2.08. The number of hydrogen-bond acceptors (Lipinski definition) is 9. The van der Waals surface area contributed by atoms with Crippen molar-refractivity contribution in [3.63, 3.8) is 0 Å². The number of amides is 3. The molecule has 2 aromatic heterocycles. The number of methoxy groups -OCH3 is 3. The van der Waals surface area contributed by atoms with Crippen LogP contribution < -0.4 is 29.6 Å². The van der Waals surface area contributed by atoms with Gasteiger partial charge in [0.2, 0.25) is 0 Å². The highest BCUT2D eigenvalue weighted by Crippen LogP contribution is 2.38. The molecule has 0 fully saturated rings. The van der Waals surface area contributed by atoms with Crippen molar-refractivity contribution in [1.29, 1.82) is 0 Å². The van der Waals surface area contributed by atoms with Crippen LogP contribution in [0, 0.1) is 0 Å². The second-order valence-corrected chi connectivity index (χ2v) is 9.19. The first kappa shape index (κ1) is 26.3. The number of rotatable bonds is 7. The third-order valence-corrected chi connectivity index (χ3v) is 5.46. The van der Waals surface area contributed by atoms with E-state index in [1.54, 1.807) is 56.8 Å². The van der Waals surface area contributed by atoms with E-state index in [0.717, 1.165) is 0 Å². The van der Waals surface area contributed by atoms with Gasteiger partial charge in [-0.25, -0.2) is 9.78 Å². The number of nitrogens with zero attached hydrogens (tertiary/aromatic N) is 2. The number of nitrogens with one attached hydrogen (secondary N) is 2. The molecule has 4 aromatic rings. The zero-order valence-electron chi connectivity index (χ0n) is 21.9. The van der Waals surface area contributed by atoms with Crippen LogP contribution in [0.15, 0.2) is 53.3 Å². The van der Waals surface area contributed by atoms with Gasteiger partial charge in [-0.05, 0) is 24.3 Å². The zero-order chi connectivity index (χ0) is 27.4. The number of imide groups is 1. The SMILES string of the molecule is COc1cc(Oc2ccnc3cc(OC)c(OC)cc23)ccc1NC(=O)NC(=O)c1coc(C(C)(C)C)n1. The molecule has 0 atom stereocenters. The molecule has 38 heavy (non-hydrogen) atoms. The highest BCUT2D eigenvalue weighted by atomic mass is 16.5. The Morgan fingerprint density at radius 3 is 2.26 bits per heavy atom. The largest absolute Gasteiger partial charge is 0.494 e. The van der Waals surface area contributed by atoms with Crippen molar-refractivity contribution < 1.29 is 33.0 Å². The van der Waals surface area contributed by atoms with E-state index in [2.05, 4.69) is 20.6 Å². The number of aromatic nitrogens is 2. The lowest BCUT2D eigenvalue weighted by molar-refractivity contribution is 0.0962. The van der Waals surface area contributed by atoms with Gasteiger partial charge in [0.25, 0.3) is 5.91 Å². The van der Waals surface area contributed by atoms with Crippen LogP contribution in [0.3, 0.4) is 0 Å². The van der Waals surface area contributed by atoms with Crippen LogP contribution in [0.1, 0.15) is 37.2 Å². The van der Waals surface area contributed by atoms with Crippen molar-refractivity contribution in [2.75, 3.05) is 26.6 Å². The third kappa shape index (κ3) is 5.61. The maximum absolute atomic E-state index is 12.5. The van der Waals surface area contributed by atoms with Gasteiger partial charge in [0.15, 0.2) is 23.1 Å². The number of carbonyl (C=O) groups is 2. The third-order valence-electron chi connectivity index (χ3n) is 5.46. The lowest BCUT2D eigenvalue weighted by Gasteiger charge is -2.14. The normalized spacial score (nSPS) is 11.1. The van der Waals surface area contributed by atoms with Gasteiger partial charge in [-0.1, -0.05) is 20.8 Å². The van der Waals surface area contributed by atoms with Gasteiger partial charge in [0.05, 0.1) is 32.5 Å². The number of oxazole rings is 1. The molecule has 2 aromatic carbocycles. The van der Waals surface area contributed by atoms with Crippen molar-refractivity contribution >= 4 is 28.5 Å². The first-order valence-electron chi connectivity index (χ1n) is 11.6. The summed E-state index contributed by atoms with van der Waals surface area (Å²) in [5.41, 5.74) is 0.610. The average Bonchev–Trinajstić information content (AvgIpc) is 3.40. The molecule has 0 spiro atoms. The molecule has 2 N–H and O–H groups in total. The van der Waals surface area contributed by atoms with Crippen LogP contribution in [-0.4, -0.2) is 43.2 Å². The maximum Gasteiger partial charge on any atom is 0.326 e. The minimum Gasteiger partial charge on any atom is -0.494 e. The fraction of sp³-hybridized carbons (Fsp3) is 0.259. The summed E-state index contributed by atoms with van der Waals surface area (Å²) >= 11 is 0. The molecule has 4 rings (SSSR count). The van der Waals surface area contributed by atoms with Gasteiger partial charge < -0.3 is 28.7 Å². The van der Waals surface area contributed by atoms with E-state index in [9.17, 15) is 9.59 Å². The predicted molar refractivity (Wildman–Crippen MR) is 140 cm³/mol. The molecule has 0 unspecified atom stereocenters. The molecule has 11 nitrogen and oxygen atoms in total. The number of benzene rings is 2. The van der Waals surface area contributed by atoms with E-state index in [-0.39, 0.29) is 11.1 Å². The number of ether oxygens (including phenoxy) is 4. The van der Waals surface area contributed by atoms with Gasteiger partial charge in [0.1, 0.15) is 23.5 Å². The summed E-state index contributed by atoms with van der Waals surface area (Å²) in [6.07, 6.45) is 2.84. The molecule has 11 heteroatoms. The predicted octanol–water partition coefficient (Wildman–Crippen LogP) is 5.30. The molecular weight excluding hydrogens is 492 g/mol. The van der Waals surface area contributed by atoms with E-state index in [4.69, 9.17) is 23.4 Å². The monoisotopic (exact) mass is 520 g/mol. The van der Waals surface area contributed by atoms with E-state index < -0.39 is 11.9 Å². The Labute approximate surface area is 219 Å². The van der Waals surface area contributed by atoms with Crippen LogP contribution in [0.25, 0.3) is 10.9 Å². The van der Waals surface area contributed by atoms with Gasteiger partial charge in [-0.3, -0.25) is 15.1 Å². The van der Waals surface area contributed by atoms with Gasteiger partial charge in [0, 0.05) is 29.1 Å². The lowest BCUT2D eigenvalue weighted by atomic mass is 9.97. The topological polar surface area (TPSA) is 134 Å². The zero-order valence-corrected chi connectivity index (χ0v) is 21.9. The number of fused-ring (bicyclic) bond motifs is 1. The summed E-state index contributed by atoms with van der Waals surface area (Å²) < 4.78 is 27.6. The summed E-state index contributed by atoms with van der Waals surface area (Å²) in [6.45, 7) is 5.70. The lowest BCUT2D eigenvalue weighted by Crippen LogP contribution is -2.34. The summed E-state index contributed by atoms with van der Waals surface area (Å²) in [6, 6.07) is 9.36. The van der Waals surface area contributed by atoms with E-state index in [0.29, 0.717) is 51.2 Å². The first-order chi connectivity index (χ1) is 18.1. The Bertz CT molecular complexity index is 1490. The van der Waals surface area contributed by atoms with Crippen LogP contribution in [0.2, 0.25) is 0 Å². The molecule has 3 amide bonds. The number of urea groups is 1. The van der Waals surface area contributed by atoms with Crippen molar-refractivity contribution in [1.82, 2.24) is 15.3 Å². The van der Waals surface area contributed by atoms with Crippen molar-refractivity contribution in [2.45, 2.75) is 26.2 Å². The Hall–Kier alpha value is -4.80. The number of anilines is 1. The van der Waals surface area contributed by atoms with Crippen LogP contribution >= 0.6 is 0 Å². The minimum absolute atomic E-state index is 0.000356. The molecule has 2 heterocycles. The van der Waals surface area contributed by atoms with E-state index in [1.165, 1.54) is 13.4 Å². The van der Waals surface area contributed by atoms with Gasteiger partial charge in [-0.2, -0.15) is 0 Å². The Morgan fingerprint density at radius 1 is 0.895 bits per heavy atom. The van der Waals surface area contributed by atoms with Gasteiger partial charge in [-0.15, -0.1) is 0 Å². The fourth-order valence-corrected chi connectivity index (χ4v) is 3.54. The van der Waals surface area contributed by atoms with E-state index >= 15 is 0 Å². The average molecular weight is 521 g/mol. The highest BCUT2D eigenvalue weighted by Gasteiger charge is 2.23. The van der Waals surface area contributed by atoms with Crippen LogP contribution in [-0.2, 0) is 5.41 Å². The summed E-state index contributed by atoms with van der Waals surface area (Å²) in [5, 5.41) is 5.54. The summed E-state index contributed by atoms with van der Waals surface area (Å²) in [4.78, 5) is 33.4. The first-order valence-corrected chi connectivity index (χ1v) is 11.6. The molecule has 0 saturated heterocycles. The maximum atomic E-state index is 12.5. The molecule has 198 valence electrons. The van der Waals surface area contributed by atoms with Crippen molar-refractivity contribution in [3.8, 4) is 28.7 Å². The molecule has 0 saturated carbocycles. The molecular formula is C27H28N4O7. The highest BCUT2D eigenvalue weighted by molar-refractivity contribution is 6.07. The Balaban J connectivity index is 1.50. The number of carbonyl (C=O) groups excluding carboxylic acids is 2. The molecule has 0 aliphatic heterocycles. The summed E-state index contributed by atoms with van der Waals surface area (Å²) in [7, 11) is 4.56. The quantitative estimate of drug-likeness (QED) is 0.333.